The summed E-state index contributed by atoms with van der Waals surface area (Å²) in [6, 6.07) is 14.1. The van der Waals surface area contributed by atoms with Crippen LogP contribution in [0.2, 0.25) is 0 Å². The van der Waals surface area contributed by atoms with E-state index in [1.165, 1.54) is 11.9 Å². The molecule has 2 aromatic heterocycles. The molecule has 1 unspecified atom stereocenters. The molecule has 0 bridgehead atoms. The molecule has 1 aromatic carbocycles. The van der Waals surface area contributed by atoms with Crippen molar-refractivity contribution in [3.63, 3.8) is 0 Å². The first-order chi connectivity index (χ1) is 17.2. The molecule has 3 aromatic rings. The van der Waals surface area contributed by atoms with Crippen molar-refractivity contribution in [1.29, 1.82) is 0 Å². The fraction of sp³-hybridized carbons (Fsp3) is 0.357. The van der Waals surface area contributed by atoms with Gasteiger partial charge in [-0.05, 0) is 68.0 Å². The van der Waals surface area contributed by atoms with E-state index in [9.17, 15) is 4.79 Å². The van der Waals surface area contributed by atoms with E-state index in [2.05, 4.69) is 33.5 Å². The van der Waals surface area contributed by atoms with Crippen LogP contribution in [0.15, 0.2) is 73.3 Å². The molecule has 2 heterocycles. The summed E-state index contributed by atoms with van der Waals surface area (Å²) in [7, 11) is 1.67. The summed E-state index contributed by atoms with van der Waals surface area (Å²) in [6.07, 6.45) is 13.4. The number of nitrogens with zero attached hydrogens (tertiary/aromatic N) is 3. The lowest BCUT2D eigenvalue weighted by Crippen LogP contribution is -2.09. The number of methoxy groups -OCH3 is 1. The van der Waals surface area contributed by atoms with Crippen LogP contribution in [0.4, 0.5) is 5.82 Å². The van der Waals surface area contributed by atoms with E-state index in [1.807, 2.05) is 43.3 Å². The van der Waals surface area contributed by atoms with Crippen LogP contribution in [0.5, 0.6) is 5.75 Å². The monoisotopic (exact) mass is 474 g/mol. The third kappa shape index (κ3) is 9.20. The van der Waals surface area contributed by atoms with Gasteiger partial charge in [0.05, 0.1) is 20.1 Å². The summed E-state index contributed by atoms with van der Waals surface area (Å²) in [6.45, 7) is 2.91. The highest BCUT2D eigenvalue weighted by Gasteiger charge is 2.14. The highest BCUT2D eigenvalue weighted by Crippen LogP contribution is 2.21. The van der Waals surface area contributed by atoms with Crippen molar-refractivity contribution in [2.45, 2.75) is 51.5 Å². The minimum atomic E-state index is -0.211. The van der Waals surface area contributed by atoms with Gasteiger partial charge in [0.15, 0.2) is 0 Å². The third-order valence-electron chi connectivity index (χ3n) is 5.56. The molecular formula is C28H34N4O3. The maximum Gasteiger partial charge on any atom is 0.306 e. The van der Waals surface area contributed by atoms with E-state index in [0.717, 1.165) is 48.5 Å². The summed E-state index contributed by atoms with van der Waals surface area (Å²) < 4.78 is 10.3. The number of hydrogen-bond acceptors (Lipinski definition) is 7. The van der Waals surface area contributed by atoms with Gasteiger partial charge in [-0.2, -0.15) is 0 Å². The molecule has 0 spiro atoms. The van der Waals surface area contributed by atoms with Gasteiger partial charge >= 0.3 is 5.97 Å². The number of carbonyl (C=O) groups is 1. The molecule has 0 saturated carbocycles. The predicted molar refractivity (Wildman–Crippen MR) is 137 cm³/mol. The van der Waals surface area contributed by atoms with Gasteiger partial charge in [0, 0.05) is 30.6 Å². The van der Waals surface area contributed by atoms with Crippen LogP contribution in [-0.4, -0.2) is 34.6 Å². The number of hydrogen-bond donors (Lipinski definition) is 1. The quantitative estimate of drug-likeness (QED) is 0.188. The molecule has 7 heteroatoms. The zero-order chi connectivity index (χ0) is 24.7. The van der Waals surface area contributed by atoms with Crippen molar-refractivity contribution in [2.24, 2.45) is 0 Å². The molecule has 0 aliphatic heterocycles. The van der Waals surface area contributed by atoms with Crippen molar-refractivity contribution in [2.75, 3.05) is 19.0 Å². The van der Waals surface area contributed by atoms with Crippen LogP contribution < -0.4 is 10.1 Å². The predicted octanol–water partition coefficient (Wildman–Crippen LogP) is 5.50. The number of carbonyl (C=O) groups excluding carboxylic acids is 1. The lowest BCUT2D eigenvalue weighted by atomic mass is 9.97. The average molecular weight is 475 g/mol. The Morgan fingerprint density at radius 1 is 1.09 bits per heavy atom. The summed E-state index contributed by atoms with van der Waals surface area (Å²) in [5.74, 6) is 1.44. The first-order valence-corrected chi connectivity index (χ1v) is 12.1. The number of ether oxygens (including phenoxy) is 2. The van der Waals surface area contributed by atoms with Gasteiger partial charge in [-0.25, -0.2) is 15.0 Å². The van der Waals surface area contributed by atoms with Gasteiger partial charge in [0.25, 0.3) is 0 Å². The first kappa shape index (κ1) is 25.9. The highest BCUT2D eigenvalue weighted by atomic mass is 16.5. The maximum atomic E-state index is 12.0. The summed E-state index contributed by atoms with van der Waals surface area (Å²) in [5, 5.41) is 3.39. The lowest BCUT2D eigenvalue weighted by Gasteiger charge is -2.11. The second-order valence-electron chi connectivity index (χ2n) is 8.18. The van der Waals surface area contributed by atoms with Gasteiger partial charge in [-0.1, -0.05) is 30.4 Å². The van der Waals surface area contributed by atoms with Gasteiger partial charge in [0.1, 0.15) is 17.9 Å². The van der Waals surface area contributed by atoms with E-state index in [4.69, 9.17) is 14.5 Å². The van der Waals surface area contributed by atoms with Crippen LogP contribution >= 0.6 is 0 Å². The average Bonchev–Trinajstić information content (AvgIpc) is 2.90. The zero-order valence-corrected chi connectivity index (χ0v) is 20.5. The van der Waals surface area contributed by atoms with Crippen molar-refractivity contribution in [1.82, 2.24) is 15.0 Å². The molecule has 1 atom stereocenters. The maximum absolute atomic E-state index is 12.0. The fourth-order valence-corrected chi connectivity index (χ4v) is 3.68. The van der Waals surface area contributed by atoms with Crippen LogP contribution in [0.1, 0.15) is 55.3 Å². The number of benzene rings is 1. The van der Waals surface area contributed by atoms with Crippen molar-refractivity contribution in [3.05, 3.63) is 90.2 Å². The molecule has 0 aliphatic rings. The molecule has 184 valence electrons. The van der Waals surface area contributed by atoms with Gasteiger partial charge in [-0.3, -0.25) is 4.79 Å². The minimum Gasteiger partial charge on any atom is -0.497 e. The number of unbranched alkanes of at least 4 members (excludes halogenated alkanes) is 2. The summed E-state index contributed by atoms with van der Waals surface area (Å²) >= 11 is 0. The Labute approximate surface area is 207 Å². The molecule has 0 fully saturated rings. The van der Waals surface area contributed by atoms with Gasteiger partial charge in [-0.15, -0.1) is 0 Å². The SMILES string of the molecule is CCOC(=O)CC(/C=C/CCCCc1cccc(NCc2ccc(OC)cc2)n1)c1cncnc1. The zero-order valence-electron chi connectivity index (χ0n) is 20.5. The Bertz CT molecular complexity index is 1060. The van der Waals surface area contributed by atoms with E-state index in [1.54, 1.807) is 19.5 Å². The third-order valence-corrected chi connectivity index (χ3v) is 5.56. The molecular weight excluding hydrogens is 440 g/mol. The summed E-state index contributed by atoms with van der Waals surface area (Å²) in [5.41, 5.74) is 3.17. The van der Waals surface area contributed by atoms with Gasteiger partial charge in [0.2, 0.25) is 0 Å². The molecule has 0 amide bonds. The highest BCUT2D eigenvalue weighted by molar-refractivity contribution is 5.71. The number of rotatable bonds is 14. The van der Waals surface area contributed by atoms with E-state index in [0.29, 0.717) is 13.2 Å². The Hall–Kier alpha value is -3.74. The number of allylic oxidation sites excluding steroid dienone is 2. The van der Waals surface area contributed by atoms with Crippen LogP contribution in [0, 0.1) is 0 Å². The Kier molecular flexibility index (Phi) is 10.7. The number of pyridine rings is 1. The number of esters is 1. The van der Waals surface area contributed by atoms with Crippen molar-refractivity contribution < 1.29 is 14.3 Å². The topological polar surface area (TPSA) is 86.2 Å². The molecule has 0 saturated heterocycles. The van der Waals surface area contributed by atoms with Crippen molar-refractivity contribution in [3.8, 4) is 5.75 Å². The Balaban J connectivity index is 1.43. The molecule has 0 radical (unpaired) electrons. The van der Waals surface area contributed by atoms with Crippen LogP contribution in [-0.2, 0) is 22.5 Å². The number of aromatic nitrogens is 3. The molecule has 1 N–H and O–H groups in total. The normalized spacial score (nSPS) is 11.8. The van der Waals surface area contributed by atoms with E-state index >= 15 is 0 Å². The molecule has 35 heavy (non-hydrogen) atoms. The molecule has 0 aliphatic carbocycles. The standard InChI is InChI=1S/C28H34N4O3/c1-3-35-28(33)17-23(24-19-29-21-30-20-24)9-6-4-5-7-10-25-11-8-12-27(32-25)31-18-22-13-15-26(34-2)16-14-22/h6,8-9,11-16,19-21,23H,3-5,7,10,17-18H2,1-2H3,(H,31,32)/b9-6+. The van der Waals surface area contributed by atoms with E-state index < -0.39 is 0 Å². The largest absolute Gasteiger partial charge is 0.497 e. The molecule has 7 nitrogen and oxygen atoms in total. The smallest absolute Gasteiger partial charge is 0.306 e. The van der Waals surface area contributed by atoms with Crippen molar-refractivity contribution >= 4 is 11.8 Å². The van der Waals surface area contributed by atoms with Gasteiger partial charge < -0.3 is 14.8 Å². The number of anilines is 1. The summed E-state index contributed by atoms with van der Waals surface area (Å²) in [4.78, 5) is 24.9. The fourth-order valence-electron chi connectivity index (χ4n) is 3.68. The second kappa shape index (κ2) is 14.5. The van der Waals surface area contributed by atoms with E-state index in [-0.39, 0.29) is 18.3 Å². The van der Waals surface area contributed by atoms with Crippen LogP contribution in [0.25, 0.3) is 0 Å². The number of nitrogens with one attached hydrogen (secondary N) is 1. The minimum absolute atomic E-state index is 0.0784. The second-order valence-corrected chi connectivity index (χ2v) is 8.18. The first-order valence-electron chi connectivity index (χ1n) is 12.1. The Morgan fingerprint density at radius 3 is 2.63 bits per heavy atom. The number of aryl methyl sites for hydroxylation is 1. The lowest BCUT2D eigenvalue weighted by molar-refractivity contribution is -0.143. The molecule has 3 rings (SSSR count). The van der Waals surface area contributed by atoms with Crippen LogP contribution in [0.3, 0.4) is 0 Å². The Morgan fingerprint density at radius 2 is 1.89 bits per heavy atom.